The molecule has 2 rings (SSSR count). The molecule has 1 N–H and O–H groups in total. The lowest BCUT2D eigenvalue weighted by atomic mass is 9.81. The first-order valence-electron chi connectivity index (χ1n) is 10.5. The van der Waals surface area contributed by atoms with Crippen molar-refractivity contribution in [2.24, 2.45) is 0 Å². The molecule has 2 aromatic carbocycles. The predicted molar refractivity (Wildman–Crippen MR) is 118 cm³/mol. The van der Waals surface area contributed by atoms with Gasteiger partial charge in [0.1, 0.15) is 18.0 Å². The molecule has 0 radical (unpaired) electrons. The Balaban J connectivity index is 2.13. The van der Waals surface area contributed by atoms with Gasteiger partial charge in [-0.1, -0.05) is 42.8 Å². The van der Waals surface area contributed by atoms with E-state index < -0.39 is 5.60 Å². The van der Waals surface area contributed by atoms with Gasteiger partial charge < -0.3 is 9.84 Å². The molecular weight excluding hydrogens is 346 g/mol. The summed E-state index contributed by atoms with van der Waals surface area (Å²) in [6.45, 7) is 16.6. The molecule has 0 aromatic heterocycles. The van der Waals surface area contributed by atoms with Crippen LogP contribution in [0.3, 0.4) is 0 Å². The Morgan fingerprint density at radius 1 is 0.964 bits per heavy atom. The molecule has 0 spiro atoms. The van der Waals surface area contributed by atoms with Gasteiger partial charge >= 0.3 is 0 Å². The molecule has 154 valence electrons. The fourth-order valence-corrected chi connectivity index (χ4v) is 3.94. The molecule has 0 aliphatic heterocycles. The lowest BCUT2D eigenvalue weighted by molar-refractivity contribution is 0.0757. The Kier molecular flexibility index (Phi) is 7.68. The highest BCUT2D eigenvalue weighted by molar-refractivity contribution is 5.43. The van der Waals surface area contributed by atoms with Crippen molar-refractivity contribution in [1.29, 1.82) is 0 Å². The van der Waals surface area contributed by atoms with E-state index in [1.165, 1.54) is 0 Å². The smallest absolute Gasteiger partial charge is 0.119 e. The second-order valence-corrected chi connectivity index (χ2v) is 8.33. The fourth-order valence-electron chi connectivity index (χ4n) is 3.94. The van der Waals surface area contributed by atoms with Crippen LogP contribution in [0, 0.1) is 13.8 Å². The molecule has 0 saturated carbocycles. The number of hydrogen-bond donors (Lipinski definition) is 1. The standard InChI is InChI=1S/C25H37NO2/c1-8-25(27,24-17-20(6)9-10-21(24)7)22-11-13-23(14-12-22)28-16-15-26(18(2)3)19(4)5/h9-14,17-19,27H,8,15-16H2,1-7H3. The molecule has 0 saturated heterocycles. The van der Waals surface area contributed by atoms with Crippen molar-refractivity contribution in [3.63, 3.8) is 0 Å². The maximum absolute atomic E-state index is 11.5. The van der Waals surface area contributed by atoms with Crippen molar-refractivity contribution in [3.05, 3.63) is 64.7 Å². The summed E-state index contributed by atoms with van der Waals surface area (Å²) in [6, 6.07) is 15.2. The zero-order chi connectivity index (χ0) is 20.9. The summed E-state index contributed by atoms with van der Waals surface area (Å²) in [5.74, 6) is 0.843. The highest BCUT2D eigenvalue weighted by Crippen LogP contribution is 2.36. The third kappa shape index (κ3) is 5.15. The van der Waals surface area contributed by atoms with Crippen LogP contribution in [0.15, 0.2) is 42.5 Å². The zero-order valence-electron chi connectivity index (χ0n) is 18.6. The molecule has 0 heterocycles. The van der Waals surface area contributed by atoms with E-state index in [-0.39, 0.29) is 0 Å². The van der Waals surface area contributed by atoms with E-state index in [4.69, 9.17) is 4.74 Å². The topological polar surface area (TPSA) is 32.7 Å². The molecule has 3 heteroatoms. The maximum atomic E-state index is 11.5. The van der Waals surface area contributed by atoms with E-state index in [0.717, 1.165) is 34.5 Å². The average molecular weight is 384 g/mol. The first-order chi connectivity index (χ1) is 13.2. The molecule has 0 fully saturated rings. The lowest BCUT2D eigenvalue weighted by Crippen LogP contribution is -2.39. The minimum atomic E-state index is -0.985. The van der Waals surface area contributed by atoms with E-state index in [1.54, 1.807) is 0 Å². The van der Waals surface area contributed by atoms with E-state index in [1.807, 2.05) is 31.2 Å². The molecule has 0 aliphatic rings. The molecule has 3 nitrogen and oxygen atoms in total. The van der Waals surface area contributed by atoms with Crippen molar-refractivity contribution < 1.29 is 9.84 Å². The SMILES string of the molecule is CCC(O)(c1ccc(OCCN(C(C)C)C(C)C)cc1)c1cc(C)ccc1C. The number of aryl methyl sites for hydroxylation is 2. The van der Waals surface area contributed by atoms with Crippen molar-refractivity contribution in [1.82, 2.24) is 4.90 Å². The second kappa shape index (κ2) is 9.58. The highest BCUT2D eigenvalue weighted by atomic mass is 16.5. The van der Waals surface area contributed by atoms with Gasteiger partial charge in [0.25, 0.3) is 0 Å². The molecular formula is C25H37NO2. The summed E-state index contributed by atoms with van der Waals surface area (Å²) in [7, 11) is 0. The maximum Gasteiger partial charge on any atom is 0.119 e. The number of benzene rings is 2. The van der Waals surface area contributed by atoms with Crippen LogP contribution in [0.2, 0.25) is 0 Å². The predicted octanol–water partition coefficient (Wildman–Crippen LogP) is 5.45. The van der Waals surface area contributed by atoms with E-state index in [2.05, 4.69) is 64.6 Å². The van der Waals surface area contributed by atoms with Crippen LogP contribution in [0.5, 0.6) is 5.75 Å². The van der Waals surface area contributed by atoms with Crippen LogP contribution in [-0.4, -0.2) is 35.2 Å². The van der Waals surface area contributed by atoms with E-state index >= 15 is 0 Å². The Bertz CT molecular complexity index is 744. The average Bonchev–Trinajstić information content (AvgIpc) is 2.66. The van der Waals surface area contributed by atoms with Gasteiger partial charge in [-0.15, -0.1) is 0 Å². The Morgan fingerprint density at radius 2 is 1.57 bits per heavy atom. The first kappa shape index (κ1) is 22.4. The zero-order valence-corrected chi connectivity index (χ0v) is 18.6. The van der Waals surface area contributed by atoms with Gasteiger partial charge in [-0.25, -0.2) is 0 Å². The largest absolute Gasteiger partial charge is 0.492 e. The third-order valence-electron chi connectivity index (χ3n) is 5.63. The monoisotopic (exact) mass is 383 g/mol. The lowest BCUT2D eigenvalue weighted by Gasteiger charge is -2.31. The van der Waals surface area contributed by atoms with Crippen LogP contribution in [0.4, 0.5) is 0 Å². The van der Waals surface area contributed by atoms with E-state index in [9.17, 15) is 5.11 Å². The van der Waals surface area contributed by atoms with Gasteiger partial charge in [0.05, 0.1) is 0 Å². The molecule has 28 heavy (non-hydrogen) atoms. The Labute approximate surface area is 171 Å². The first-order valence-corrected chi connectivity index (χ1v) is 10.5. The number of rotatable bonds is 9. The summed E-state index contributed by atoms with van der Waals surface area (Å²) in [6.07, 6.45) is 0.620. The molecule has 1 atom stereocenters. The van der Waals surface area contributed by atoms with Crippen LogP contribution in [0.1, 0.15) is 63.3 Å². The minimum Gasteiger partial charge on any atom is -0.492 e. The summed E-state index contributed by atoms with van der Waals surface area (Å²) in [4.78, 5) is 2.42. The van der Waals surface area contributed by atoms with Gasteiger partial charge in [0.15, 0.2) is 0 Å². The summed E-state index contributed by atoms with van der Waals surface area (Å²) >= 11 is 0. The van der Waals surface area contributed by atoms with Crippen molar-refractivity contribution in [2.75, 3.05) is 13.2 Å². The highest BCUT2D eigenvalue weighted by Gasteiger charge is 2.31. The van der Waals surface area contributed by atoms with Gasteiger partial charge in [-0.3, -0.25) is 4.90 Å². The van der Waals surface area contributed by atoms with Crippen molar-refractivity contribution in [3.8, 4) is 5.75 Å². The van der Waals surface area contributed by atoms with Gasteiger partial charge in [-0.2, -0.15) is 0 Å². The Morgan fingerprint density at radius 3 is 2.11 bits per heavy atom. The summed E-state index contributed by atoms with van der Waals surface area (Å²) in [5, 5.41) is 11.5. The summed E-state index contributed by atoms with van der Waals surface area (Å²) < 4.78 is 5.96. The minimum absolute atomic E-state index is 0.503. The summed E-state index contributed by atoms with van der Waals surface area (Å²) in [5.41, 5.74) is 3.17. The van der Waals surface area contributed by atoms with Gasteiger partial charge in [-0.05, 0) is 76.8 Å². The van der Waals surface area contributed by atoms with Crippen LogP contribution < -0.4 is 4.74 Å². The molecule has 1 unspecified atom stereocenters. The molecule has 0 amide bonds. The quantitative estimate of drug-likeness (QED) is 0.625. The third-order valence-corrected chi connectivity index (χ3v) is 5.63. The van der Waals surface area contributed by atoms with Gasteiger partial charge in [0.2, 0.25) is 0 Å². The number of ether oxygens (including phenoxy) is 1. The molecule has 2 aromatic rings. The normalized spacial score (nSPS) is 14.0. The van der Waals surface area contributed by atoms with Crippen LogP contribution in [0.25, 0.3) is 0 Å². The fraction of sp³-hybridized carbons (Fsp3) is 0.520. The van der Waals surface area contributed by atoms with Crippen LogP contribution >= 0.6 is 0 Å². The number of aliphatic hydroxyl groups is 1. The number of nitrogens with zero attached hydrogens (tertiary/aromatic N) is 1. The van der Waals surface area contributed by atoms with E-state index in [0.29, 0.717) is 25.1 Å². The second-order valence-electron chi connectivity index (χ2n) is 8.33. The number of hydrogen-bond acceptors (Lipinski definition) is 3. The molecule has 0 bridgehead atoms. The Hall–Kier alpha value is -1.84. The van der Waals surface area contributed by atoms with Crippen molar-refractivity contribution >= 4 is 0 Å². The van der Waals surface area contributed by atoms with Crippen LogP contribution in [-0.2, 0) is 5.60 Å². The van der Waals surface area contributed by atoms with Gasteiger partial charge in [0, 0.05) is 18.6 Å². The van der Waals surface area contributed by atoms with Crippen molar-refractivity contribution in [2.45, 2.75) is 72.6 Å². The molecule has 0 aliphatic carbocycles.